The predicted octanol–water partition coefficient (Wildman–Crippen LogP) is 2.77. The lowest BCUT2D eigenvalue weighted by atomic mass is 9.97. The van der Waals surface area contributed by atoms with Crippen molar-refractivity contribution >= 4 is 17.6 Å². The largest absolute Gasteiger partial charge is 0.389 e. The SMILES string of the molecule is CC(C)[C@@H](NC(=O)NCC(C)(C)O)C(=O)N1c2cnn(-c3ccc(F)cc3)c2CCC1C. The van der Waals surface area contributed by atoms with E-state index in [4.69, 9.17) is 0 Å². The molecule has 3 amide bonds. The quantitative estimate of drug-likeness (QED) is 0.637. The fraction of sp³-hybridized carbons (Fsp3) is 0.522. The molecule has 8 nitrogen and oxygen atoms in total. The van der Waals surface area contributed by atoms with E-state index in [1.165, 1.54) is 12.1 Å². The van der Waals surface area contributed by atoms with Gasteiger partial charge in [-0.1, -0.05) is 13.8 Å². The van der Waals surface area contributed by atoms with Gasteiger partial charge in [0.05, 0.1) is 28.9 Å². The number of rotatable bonds is 6. The number of hydrogen-bond donors (Lipinski definition) is 3. The number of hydrogen-bond acceptors (Lipinski definition) is 4. The molecule has 2 heterocycles. The third-order valence-corrected chi connectivity index (χ3v) is 5.56. The Kier molecular flexibility index (Phi) is 6.88. The zero-order chi connectivity index (χ0) is 23.6. The van der Waals surface area contributed by atoms with Gasteiger partial charge in [-0.3, -0.25) is 4.79 Å². The maximum atomic E-state index is 13.6. The van der Waals surface area contributed by atoms with Crippen LogP contribution >= 0.6 is 0 Å². The molecule has 0 saturated carbocycles. The van der Waals surface area contributed by atoms with E-state index >= 15 is 0 Å². The first kappa shape index (κ1) is 23.7. The highest BCUT2D eigenvalue weighted by atomic mass is 19.1. The Balaban J connectivity index is 1.85. The number of benzene rings is 1. The van der Waals surface area contributed by atoms with Crippen LogP contribution in [0.5, 0.6) is 0 Å². The molecule has 174 valence electrons. The van der Waals surface area contributed by atoms with Crippen molar-refractivity contribution in [1.29, 1.82) is 0 Å². The monoisotopic (exact) mass is 445 g/mol. The number of aliphatic hydroxyl groups is 1. The molecule has 3 N–H and O–H groups in total. The number of amides is 3. The highest BCUT2D eigenvalue weighted by Crippen LogP contribution is 2.33. The van der Waals surface area contributed by atoms with E-state index in [2.05, 4.69) is 15.7 Å². The molecule has 0 spiro atoms. The number of carbonyl (C=O) groups excluding carboxylic acids is 2. The van der Waals surface area contributed by atoms with E-state index < -0.39 is 17.7 Å². The number of halogens is 1. The van der Waals surface area contributed by atoms with Crippen LogP contribution in [0.3, 0.4) is 0 Å². The molecule has 1 aromatic heterocycles. The molecule has 0 bridgehead atoms. The van der Waals surface area contributed by atoms with Gasteiger partial charge in [-0.15, -0.1) is 0 Å². The number of nitrogens with zero attached hydrogens (tertiary/aromatic N) is 3. The third kappa shape index (κ3) is 5.27. The van der Waals surface area contributed by atoms with Crippen LogP contribution in [-0.2, 0) is 11.2 Å². The Morgan fingerprint density at radius 1 is 1.28 bits per heavy atom. The number of urea groups is 1. The fourth-order valence-electron chi connectivity index (χ4n) is 3.81. The Bertz CT molecular complexity index is 965. The van der Waals surface area contributed by atoms with Crippen molar-refractivity contribution in [3.8, 4) is 5.69 Å². The van der Waals surface area contributed by atoms with Gasteiger partial charge in [0.2, 0.25) is 5.91 Å². The highest BCUT2D eigenvalue weighted by molar-refractivity contribution is 6.00. The smallest absolute Gasteiger partial charge is 0.315 e. The van der Waals surface area contributed by atoms with Crippen molar-refractivity contribution in [1.82, 2.24) is 20.4 Å². The second-order valence-electron chi connectivity index (χ2n) is 9.32. The first-order valence-corrected chi connectivity index (χ1v) is 10.9. The van der Waals surface area contributed by atoms with E-state index in [9.17, 15) is 19.1 Å². The summed E-state index contributed by atoms with van der Waals surface area (Å²) >= 11 is 0. The molecule has 1 aliphatic rings. The van der Waals surface area contributed by atoms with E-state index in [1.54, 1.807) is 41.8 Å². The summed E-state index contributed by atoms with van der Waals surface area (Å²) in [6, 6.07) is 4.73. The van der Waals surface area contributed by atoms with Gasteiger partial charge in [0.25, 0.3) is 0 Å². The molecular formula is C23H32FN5O3. The second-order valence-corrected chi connectivity index (χ2v) is 9.32. The lowest BCUT2D eigenvalue weighted by Crippen LogP contribution is -2.57. The summed E-state index contributed by atoms with van der Waals surface area (Å²) < 4.78 is 15.1. The maximum Gasteiger partial charge on any atom is 0.315 e. The molecule has 2 aromatic rings. The minimum atomic E-state index is -1.06. The summed E-state index contributed by atoms with van der Waals surface area (Å²) in [5.74, 6) is -0.695. The lowest BCUT2D eigenvalue weighted by molar-refractivity contribution is -0.121. The van der Waals surface area contributed by atoms with Crippen LogP contribution in [0.4, 0.5) is 14.9 Å². The molecule has 0 fully saturated rings. The molecule has 9 heteroatoms. The standard InChI is InChI=1S/C23H32FN5O3/c1-14(2)20(27-22(31)25-13-23(4,5)32)21(30)28-15(3)6-11-18-19(28)12-26-29(18)17-9-7-16(24)8-10-17/h7-10,12,14-15,20,32H,6,11,13H2,1-5H3,(H2,25,27,31)/t15?,20-/m1/s1. The summed E-state index contributed by atoms with van der Waals surface area (Å²) in [6.45, 7) is 8.96. The number of aromatic nitrogens is 2. The summed E-state index contributed by atoms with van der Waals surface area (Å²) in [5, 5.41) is 19.7. The molecular weight excluding hydrogens is 413 g/mol. The number of carbonyl (C=O) groups is 2. The van der Waals surface area contributed by atoms with Crippen molar-refractivity contribution in [2.24, 2.45) is 5.92 Å². The van der Waals surface area contributed by atoms with E-state index in [1.807, 2.05) is 20.8 Å². The molecule has 3 rings (SSSR count). The van der Waals surface area contributed by atoms with Gasteiger partial charge in [0.1, 0.15) is 11.9 Å². The normalized spacial score (nSPS) is 17.1. The fourth-order valence-corrected chi connectivity index (χ4v) is 3.81. The Morgan fingerprint density at radius 2 is 1.94 bits per heavy atom. The van der Waals surface area contributed by atoms with Crippen LogP contribution in [-0.4, -0.2) is 51.1 Å². The summed E-state index contributed by atoms with van der Waals surface area (Å²) in [7, 11) is 0. The van der Waals surface area contributed by atoms with Crippen molar-refractivity contribution in [2.45, 2.75) is 65.1 Å². The van der Waals surface area contributed by atoms with Crippen molar-refractivity contribution in [2.75, 3.05) is 11.4 Å². The zero-order valence-corrected chi connectivity index (χ0v) is 19.2. The molecule has 1 aliphatic heterocycles. The number of anilines is 1. The molecule has 0 aliphatic carbocycles. The lowest BCUT2D eigenvalue weighted by Gasteiger charge is -2.37. The Hall–Kier alpha value is -2.94. The first-order valence-electron chi connectivity index (χ1n) is 10.9. The van der Waals surface area contributed by atoms with Gasteiger partial charge in [-0.05, 0) is 63.8 Å². The molecule has 1 unspecified atom stereocenters. The third-order valence-electron chi connectivity index (χ3n) is 5.56. The summed E-state index contributed by atoms with van der Waals surface area (Å²) in [4.78, 5) is 27.7. The van der Waals surface area contributed by atoms with Crippen LogP contribution in [0.15, 0.2) is 30.5 Å². The molecule has 2 atom stereocenters. The van der Waals surface area contributed by atoms with Gasteiger partial charge < -0.3 is 20.6 Å². The van der Waals surface area contributed by atoms with Crippen LogP contribution in [0.25, 0.3) is 5.69 Å². The summed E-state index contributed by atoms with van der Waals surface area (Å²) in [5.41, 5.74) is 1.23. The summed E-state index contributed by atoms with van der Waals surface area (Å²) in [6.07, 6.45) is 3.11. The van der Waals surface area contributed by atoms with E-state index in [0.717, 1.165) is 24.2 Å². The van der Waals surface area contributed by atoms with Crippen molar-refractivity contribution < 1.29 is 19.1 Å². The molecule has 0 saturated heterocycles. The van der Waals surface area contributed by atoms with Crippen LogP contribution < -0.4 is 15.5 Å². The average Bonchev–Trinajstić information content (AvgIpc) is 3.13. The van der Waals surface area contributed by atoms with Gasteiger partial charge in [0, 0.05) is 12.6 Å². The van der Waals surface area contributed by atoms with Gasteiger partial charge >= 0.3 is 6.03 Å². The van der Waals surface area contributed by atoms with Crippen LogP contribution in [0, 0.1) is 11.7 Å². The number of fused-ring (bicyclic) bond motifs is 1. The Morgan fingerprint density at radius 3 is 2.53 bits per heavy atom. The zero-order valence-electron chi connectivity index (χ0n) is 19.2. The first-order chi connectivity index (χ1) is 15.0. The predicted molar refractivity (Wildman–Crippen MR) is 120 cm³/mol. The minimum absolute atomic E-state index is 0.0620. The van der Waals surface area contributed by atoms with E-state index in [0.29, 0.717) is 5.69 Å². The van der Waals surface area contributed by atoms with Crippen molar-refractivity contribution in [3.05, 3.63) is 42.0 Å². The highest BCUT2D eigenvalue weighted by Gasteiger charge is 2.37. The second kappa shape index (κ2) is 9.28. The topological polar surface area (TPSA) is 99.5 Å². The minimum Gasteiger partial charge on any atom is -0.389 e. The molecule has 1 aromatic carbocycles. The van der Waals surface area contributed by atoms with Gasteiger partial charge in [-0.2, -0.15) is 5.10 Å². The van der Waals surface area contributed by atoms with Crippen molar-refractivity contribution in [3.63, 3.8) is 0 Å². The van der Waals surface area contributed by atoms with Crippen LogP contribution in [0.1, 0.15) is 46.7 Å². The van der Waals surface area contributed by atoms with Gasteiger partial charge in [0.15, 0.2) is 0 Å². The van der Waals surface area contributed by atoms with Crippen LogP contribution in [0.2, 0.25) is 0 Å². The molecule has 32 heavy (non-hydrogen) atoms. The van der Waals surface area contributed by atoms with E-state index in [-0.39, 0.29) is 30.2 Å². The maximum absolute atomic E-state index is 13.6. The Labute approximate surface area is 187 Å². The average molecular weight is 446 g/mol. The van der Waals surface area contributed by atoms with Gasteiger partial charge in [-0.25, -0.2) is 13.9 Å². The molecule has 0 radical (unpaired) electrons. The number of nitrogens with one attached hydrogen (secondary N) is 2.